The Bertz CT molecular complexity index is 402. The van der Waals surface area contributed by atoms with Gasteiger partial charge in [-0.1, -0.05) is 6.42 Å². The Labute approximate surface area is 138 Å². The molecule has 6 nitrogen and oxygen atoms in total. The third-order valence-corrected chi connectivity index (χ3v) is 5.24. The van der Waals surface area contributed by atoms with Crippen molar-refractivity contribution in [1.82, 2.24) is 5.32 Å². The lowest BCUT2D eigenvalue weighted by molar-refractivity contribution is -0.195. The number of allylic oxidation sites excluding steroid dienone is 1. The summed E-state index contributed by atoms with van der Waals surface area (Å²) in [4.78, 5) is 0. The van der Waals surface area contributed by atoms with Crippen LogP contribution in [0.25, 0.3) is 0 Å². The van der Waals surface area contributed by atoms with Gasteiger partial charge in [0.2, 0.25) is 0 Å². The fraction of sp³-hybridized carbons (Fsp3) is 0.882. The Morgan fingerprint density at radius 2 is 2.09 bits per heavy atom. The number of aliphatic hydroxyl groups is 1. The first-order valence-corrected chi connectivity index (χ1v) is 9.03. The highest BCUT2D eigenvalue weighted by Crippen LogP contribution is 2.27. The molecular weight excluding hydrogens is 294 g/mol. The summed E-state index contributed by atoms with van der Waals surface area (Å²) >= 11 is 0. The zero-order valence-electron chi connectivity index (χ0n) is 13.8. The summed E-state index contributed by atoms with van der Waals surface area (Å²) < 4.78 is 11.9. The highest BCUT2D eigenvalue weighted by atomic mass is 16.7. The zero-order chi connectivity index (χ0) is 16.2. The first-order valence-electron chi connectivity index (χ1n) is 9.03. The summed E-state index contributed by atoms with van der Waals surface area (Å²) in [5, 5.41) is 13.6. The van der Waals surface area contributed by atoms with E-state index in [1.807, 2.05) is 0 Å². The topological polar surface area (TPSA) is 103 Å². The third kappa shape index (κ3) is 4.67. The van der Waals surface area contributed by atoms with Crippen LogP contribution in [0.2, 0.25) is 0 Å². The van der Waals surface area contributed by atoms with Crippen LogP contribution < -0.4 is 16.8 Å². The molecule has 132 valence electrons. The number of hydrogen-bond acceptors (Lipinski definition) is 6. The maximum absolute atomic E-state index is 10.2. The Morgan fingerprint density at radius 3 is 2.78 bits per heavy atom. The van der Waals surface area contributed by atoms with Gasteiger partial charge in [0.25, 0.3) is 0 Å². The summed E-state index contributed by atoms with van der Waals surface area (Å²) in [5.74, 6) is 1.78. The van der Waals surface area contributed by atoms with Gasteiger partial charge in [-0.3, -0.25) is 0 Å². The molecule has 0 aromatic heterocycles. The van der Waals surface area contributed by atoms with Crippen molar-refractivity contribution < 1.29 is 14.6 Å². The van der Waals surface area contributed by atoms with E-state index in [-0.39, 0.29) is 24.5 Å². The van der Waals surface area contributed by atoms with Gasteiger partial charge in [-0.05, 0) is 50.6 Å². The van der Waals surface area contributed by atoms with Crippen LogP contribution in [-0.2, 0) is 9.47 Å². The van der Waals surface area contributed by atoms with Crippen molar-refractivity contribution in [2.75, 3.05) is 13.1 Å². The second kappa shape index (κ2) is 7.94. The SMILES string of the molecule is N[C@H]1C[C@@H](O)[C@H](O[C@@H]2CCC=C(CNCC3CCC3)O2)[C@@H](N)C1. The van der Waals surface area contributed by atoms with Crippen LogP contribution in [0.4, 0.5) is 0 Å². The van der Waals surface area contributed by atoms with E-state index in [0.29, 0.717) is 12.8 Å². The Balaban J connectivity index is 1.42. The lowest BCUT2D eigenvalue weighted by Crippen LogP contribution is -2.55. The van der Waals surface area contributed by atoms with E-state index in [9.17, 15) is 5.11 Å². The monoisotopic (exact) mass is 325 g/mol. The Kier molecular flexibility index (Phi) is 5.93. The zero-order valence-corrected chi connectivity index (χ0v) is 13.8. The van der Waals surface area contributed by atoms with E-state index in [1.165, 1.54) is 19.3 Å². The van der Waals surface area contributed by atoms with Gasteiger partial charge in [0, 0.05) is 18.5 Å². The molecule has 0 amide bonds. The fourth-order valence-electron chi connectivity index (χ4n) is 3.64. The lowest BCUT2D eigenvalue weighted by Gasteiger charge is -2.39. The summed E-state index contributed by atoms with van der Waals surface area (Å²) in [7, 11) is 0. The standard InChI is InChI=1S/C17H31N3O3/c18-12-7-14(19)17(15(21)8-12)23-16-6-2-5-13(22-16)10-20-9-11-3-1-4-11/h5,11-12,14-17,20-21H,1-4,6-10,18-19H2/t12-,14+,15-,16-,17-/m1/s1. The van der Waals surface area contributed by atoms with E-state index in [2.05, 4.69) is 11.4 Å². The molecule has 2 saturated carbocycles. The molecule has 3 rings (SSSR count). The summed E-state index contributed by atoms with van der Waals surface area (Å²) in [6.45, 7) is 1.82. The van der Waals surface area contributed by atoms with Crippen LogP contribution in [0.5, 0.6) is 0 Å². The molecule has 1 heterocycles. The molecular formula is C17H31N3O3. The van der Waals surface area contributed by atoms with Crippen LogP contribution >= 0.6 is 0 Å². The smallest absolute Gasteiger partial charge is 0.200 e. The number of ether oxygens (including phenoxy) is 2. The molecule has 3 aliphatic rings. The molecule has 6 heteroatoms. The van der Waals surface area contributed by atoms with Crippen molar-refractivity contribution >= 4 is 0 Å². The van der Waals surface area contributed by atoms with E-state index in [1.54, 1.807) is 0 Å². The average molecular weight is 325 g/mol. The van der Waals surface area contributed by atoms with Gasteiger partial charge in [0.05, 0.1) is 12.6 Å². The van der Waals surface area contributed by atoms with E-state index in [0.717, 1.165) is 37.6 Å². The molecule has 23 heavy (non-hydrogen) atoms. The summed E-state index contributed by atoms with van der Waals surface area (Å²) in [6, 6.07) is -0.276. The number of aliphatic hydroxyl groups excluding tert-OH is 1. The lowest BCUT2D eigenvalue weighted by atomic mass is 9.85. The minimum absolute atomic E-state index is 0.0433. The van der Waals surface area contributed by atoms with Gasteiger partial charge in [-0.25, -0.2) is 0 Å². The van der Waals surface area contributed by atoms with Crippen LogP contribution in [0.3, 0.4) is 0 Å². The minimum Gasteiger partial charge on any atom is -0.468 e. The molecule has 0 aromatic carbocycles. The molecule has 5 atom stereocenters. The largest absolute Gasteiger partial charge is 0.468 e. The number of rotatable bonds is 6. The summed E-state index contributed by atoms with van der Waals surface area (Å²) in [6.07, 6.45) is 7.82. The third-order valence-electron chi connectivity index (χ3n) is 5.24. The molecule has 0 aromatic rings. The van der Waals surface area contributed by atoms with Gasteiger partial charge in [-0.2, -0.15) is 0 Å². The molecule has 0 radical (unpaired) electrons. The average Bonchev–Trinajstić information content (AvgIpc) is 2.46. The number of nitrogens with one attached hydrogen (secondary N) is 1. The molecule has 6 N–H and O–H groups in total. The molecule has 0 unspecified atom stereocenters. The van der Waals surface area contributed by atoms with Crippen molar-refractivity contribution in [3.05, 3.63) is 11.8 Å². The predicted molar refractivity (Wildman–Crippen MR) is 88.5 cm³/mol. The quantitative estimate of drug-likeness (QED) is 0.570. The predicted octanol–water partition coefficient (Wildman–Crippen LogP) is 0.591. The molecule has 0 saturated heterocycles. The second-order valence-corrected chi connectivity index (χ2v) is 7.29. The number of nitrogens with two attached hydrogens (primary N) is 2. The van der Waals surface area contributed by atoms with E-state index >= 15 is 0 Å². The van der Waals surface area contributed by atoms with Gasteiger partial charge < -0.3 is 31.4 Å². The second-order valence-electron chi connectivity index (χ2n) is 7.29. The summed E-state index contributed by atoms with van der Waals surface area (Å²) in [5.41, 5.74) is 12.0. The van der Waals surface area contributed by atoms with Crippen LogP contribution in [-0.4, -0.2) is 48.8 Å². The maximum Gasteiger partial charge on any atom is 0.200 e. The van der Waals surface area contributed by atoms with E-state index < -0.39 is 6.10 Å². The van der Waals surface area contributed by atoms with Gasteiger partial charge in [-0.15, -0.1) is 0 Å². The first-order chi connectivity index (χ1) is 11.1. The van der Waals surface area contributed by atoms with Crippen molar-refractivity contribution in [2.24, 2.45) is 17.4 Å². The van der Waals surface area contributed by atoms with Crippen molar-refractivity contribution in [3.63, 3.8) is 0 Å². The fourth-order valence-corrected chi connectivity index (χ4v) is 3.64. The van der Waals surface area contributed by atoms with Gasteiger partial charge >= 0.3 is 0 Å². The van der Waals surface area contributed by atoms with Crippen molar-refractivity contribution in [1.29, 1.82) is 0 Å². The maximum atomic E-state index is 10.2. The molecule has 0 spiro atoms. The van der Waals surface area contributed by atoms with Crippen molar-refractivity contribution in [3.8, 4) is 0 Å². The van der Waals surface area contributed by atoms with Crippen LogP contribution in [0.15, 0.2) is 11.8 Å². The normalized spacial score (nSPS) is 38.6. The molecule has 2 aliphatic carbocycles. The van der Waals surface area contributed by atoms with Crippen molar-refractivity contribution in [2.45, 2.75) is 75.5 Å². The highest BCUT2D eigenvalue weighted by Gasteiger charge is 2.36. The van der Waals surface area contributed by atoms with Crippen LogP contribution in [0, 0.1) is 5.92 Å². The Hall–Kier alpha value is -0.660. The molecule has 1 aliphatic heterocycles. The van der Waals surface area contributed by atoms with Gasteiger partial charge in [0.15, 0.2) is 6.29 Å². The van der Waals surface area contributed by atoms with Crippen LogP contribution in [0.1, 0.15) is 44.9 Å². The Morgan fingerprint density at radius 1 is 1.26 bits per heavy atom. The first kappa shape index (κ1) is 17.2. The van der Waals surface area contributed by atoms with E-state index in [4.69, 9.17) is 20.9 Å². The molecule has 0 bridgehead atoms. The minimum atomic E-state index is -0.608. The van der Waals surface area contributed by atoms with Gasteiger partial charge in [0.1, 0.15) is 11.9 Å². The number of hydrogen-bond donors (Lipinski definition) is 4. The highest BCUT2D eigenvalue weighted by molar-refractivity contribution is 5.00. The molecule has 2 fully saturated rings.